The normalized spacial score (nSPS) is 10.0. The van der Waals surface area contributed by atoms with Crippen molar-refractivity contribution in [1.29, 1.82) is 10.5 Å². The van der Waals surface area contributed by atoms with Crippen LogP contribution in [0, 0.1) is 29.6 Å². The first-order valence-corrected chi connectivity index (χ1v) is 9.49. The highest BCUT2D eigenvalue weighted by molar-refractivity contribution is 5.91. The summed E-state index contributed by atoms with van der Waals surface area (Å²) in [6.45, 7) is 4.56. The minimum absolute atomic E-state index is 0.00597. The molecule has 2 rings (SSSR count). The lowest BCUT2D eigenvalue weighted by atomic mass is 10.1. The molecular formula is C23H24N2O3. The molecule has 144 valence electrons. The lowest BCUT2D eigenvalue weighted by Crippen LogP contribution is -2.10. The zero-order valence-electron chi connectivity index (χ0n) is 16.3. The topological polar surface area (TPSA) is 83.1 Å². The summed E-state index contributed by atoms with van der Waals surface area (Å²) in [4.78, 5) is 12.3. The van der Waals surface area contributed by atoms with Gasteiger partial charge in [0, 0.05) is 0 Å². The number of aryl methyl sites for hydroxylation is 1. The molecule has 0 aromatic heterocycles. The molecule has 0 unspecified atom stereocenters. The Labute approximate surface area is 166 Å². The number of hydrogen-bond acceptors (Lipinski definition) is 5. The molecule has 0 saturated heterocycles. The van der Waals surface area contributed by atoms with Gasteiger partial charge >= 0.3 is 5.97 Å². The molecule has 0 N–H and O–H groups in total. The highest BCUT2D eigenvalue weighted by atomic mass is 16.5. The third-order valence-electron chi connectivity index (χ3n) is 4.35. The van der Waals surface area contributed by atoms with Crippen LogP contribution in [0.5, 0.6) is 11.5 Å². The van der Waals surface area contributed by atoms with Crippen LogP contribution in [-0.2, 0) is 0 Å². The van der Waals surface area contributed by atoms with Gasteiger partial charge in [-0.05, 0) is 37.6 Å². The fraction of sp³-hybridized carbons (Fsp3) is 0.348. The number of hydrogen-bond donors (Lipinski definition) is 0. The quantitative estimate of drug-likeness (QED) is 0.336. The van der Waals surface area contributed by atoms with E-state index < -0.39 is 5.97 Å². The number of nitriles is 2. The molecule has 2 aromatic carbocycles. The van der Waals surface area contributed by atoms with Gasteiger partial charge in [-0.3, -0.25) is 0 Å². The van der Waals surface area contributed by atoms with E-state index in [0.717, 1.165) is 24.8 Å². The highest BCUT2D eigenvalue weighted by Gasteiger charge is 2.18. The molecule has 5 nitrogen and oxygen atoms in total. The molecule has 0 aliphatic heterocycles. The van der Waals surface area contributed by atoms with E-state index in [9.17, 15) is 15.3 Å². The van der Waals surface area contributed by atoms with E-state index in [1.807, 2.05) is 19.1 Å². The van der Waals surface area contributed by atoms with Crippen molar-refractivity contribution in [3.05, 3.63) is 58.7 Å². The standard InChI is InChI=1S/C23H24N2O3/c1-3-4-5-6-7-14-27-21-12-13-22(20(16-25)19(21)15-24)28-23(26)18-10-8-17(2)9-11-18/h8-13H,3-7,14H2,1-2H3. The smallest absolute Gasteiger partial charge is 0.343 e. The molecule has 2 aromatic rings. The van der Waals surface area contributed by atoms with E-state index in [1.54, 1.807) is 30.3 Å². The molecule has 0 amide bonds. The Hall–Kier alpha value is -3.31. The van der Waals surface area contributed by atoms with Gasteiger partial charge in [0.05, 0.1) is 12.2 Å². The van der Waals surface area contributed by atoms with Crippen LogP contribution in [0.25, 0.3) is 0 Å². The molecule has 0 radical (unpaired) electrons. The molecule has 0 saturated carbocycles. The highest BCUT2D eigenvalue weighted by Crippen LogP contribution is 2.30. The number of nitrogens with zero attached hydrogens (tertiary/aromatic N) is 2. The molecule has 28 heavy (non-hydrogen) atoms. The minimum Gasteiger partial charge on any atom is -0.492 e. The zero-order valence-corrected chi connectivity index (χ0v) is 16.3. The average Bonchev–Trinajstić information content (AvgIpc) is 2.71. The van der Waals surface area contributed by atoms with Crippen molar-refractivity contribution in [3.63, 3.8) is 0 Å². The fourth-order valence-electron chi connectivity index (χ4n) is 2.73. The predicted octanol–water partition coefficient (Wildman–Crippen LogP) is 5.31. The van der Waals surface area contributed by atoms with Crippen molar-refractivity contribution in [2.45, 2.75) is 46.0 Å². The summed E-state index contributed by atoms with van der Waals surface area (Å²) < 4.78 is 11.1. The van der Waals surface area contributed by atoms with Gasteiger partial charge in [0.25, 0.3) is 0 Å². The van der Waals surface area contributed by atoms with E-state index in [-0.39, 0.29) is 16.9 Å². The van der Waals surface area contributed by atoms with E-state index >= 15 is 0 Å². The van der Waals surface area contributed by atoms with Crippen LogP contribution in [0.1, 0.15) is 66.1 Å². The summed E-state index contributed by atoms with van der Waals surface area (Å²) in [5, 5.41) is 19.0. The van der Waals surface area contributed by atoms with Gasteiger partial charge in [-0.15, -0.1) is 0 Å². The minimum atomic E-state index is -0.579. The van der Waals surface area contributed by atoms with Crippen LogP contribution in [-0.4, -0.2) is 12.6 Å². The monoisotopic (exact) mass is 376 g/mol. The summed E-state index contributed by atoms with van der Waals surface area (Å²) in [6, 6.07) is 14.0. The van der Waals surface area contributed by atoms with Crippen molar-refractivity contribution in [1.82, 2.24) is 0 Å². The molecular weight excluding hydrogens is 352 g/mol. The summed E-state index contributed by atoms with van der Waals surface area (Å²) >= 11 is 0. The van der Waals surface area contributed by atoms with Crippen LogP contribution in [0.2, 0.25) is 0 Å². The van der Waals surface area contributed by atoms with Gasteiger partial charge in [-0.25, -0.2) is 4.79 Å². The molecule has 0 aliphatic rings. The number of benzene rings is 2. The lowest BCUT2D eigenvalue weighted by Gasteiger charge is -2.12. The van der Waals surface area contributed by atoms with Gasteiger partial charge in [-0.2, -0.15) is 10.5 Å². The Morgan fingerprint density at radius 1 is 0.893 bits per heavy atom. The summed E-state index contributed by atoms with van der Waals surface area (Å²) in [6.07, 6.45) is 5.48. The number of carbonyl (C=O) groups excluding carboxylic acids is 1. The van der Waals surface area contributed by atoms with Crippen molar-refractivity contribution in [2.24, 2.45) is 0 Å². The first-order valence-electron chi connectivity index (χ1n) is 9.49. The Kier molecular flexibility index (Phi) is 8.06. The van der Waals surface area contributed by atoms with Crippen molar-refractivity contribution >= 4 is 5.97 Å². The van der Waals surface area contributed by atoms with Crippen LogP contribution in [0.15, 0.2) is 36.4 Å². The second kappa shape index (κ2) is 10.7. The number of unbranched alkanes of at least 4 members (excludes halogenated alkanes) is 4. The largest absolute Gasteiger partial charge is 0.492 e. The number of esters is 1. The lowest BCUT2D eigenvalue weighted by molar-refractivity contribution is 0.0734. The summed E-state index contributed by atoms with van der Waals surface area (Å²) in [7, 11) is 0. The summed E-state index contributed by atoms with van der Waals surface area (Å²) in [5.74, 6) is -0.186. The maximum Gasteiger partial charge on any atom is 0.343 e. The Balaban J connectivity index is 2.12. The average molecular weight is 376 g/mol. The molecule has 0 fully saturated rings. The second-order valence-electron chi connectivity index (χ2n) is 6.55. The molecule has 0 aliphatic carbocycles. The maximum atomic E-state index is 12.3. The van der Waals surface area contributed by atoms with E-state index in [0.29, 0.717) is 17.9 Å². The van der Waals surface area contributed by atoms with Gasteiger partial charge < -0.3 is 9.47 Å². The van der Waals surface area contributed by atoms with Crippen LogP contribution in [0.3, 0.4) is 0 Å². The van der Waals surface area contributed by atoms with Gasteiger partial charge in [0.1, 0.15) is 29.0 Å². The molecule has 0 bridgehead atoms. The summed E-state index contributed by atoms with van der Waals surface area (Å²) in [5.41, 5.74) is 1.49. The molecule has 0 heterocycles. The van der Waals surface area contributed by atoms with E-state index in [1.165, 1.54) is 18.9 Å². The maximum absolute atomic E-state index is 12.3. The Morgan fingerprint density at radius 3 is 2.14 bits per heavy atom. The van der Waals surface area contributed by atoms with Crippen LogP contribution in [0.4, 0.5) is 0 Å². The third-order valence-corrected chi connectivity index (χ3v) is 4.35. The second-order valence-corrected chi connectivity index (χ2v) is 6.55. The van der Waals surface area contributed by atoms with Crippen molar-refractivity contribution in [3.8, 4) is 23.6 Å². The van der Waals surface area contributed by atoms with E-state index in [2.05, 4.69) is 6.92 Å². The van der Waals surface area contributed by atoms with Crippen molar-refractivity contribution < 1.29 is 14.3 Å². The van der Waals surface area contributed by atoms with E-state index in [4.69, 9.17) is 9.47 Å². The van der Waals surface area contributed by atoms with Gasteiger partial charge in [0.2, 0.25) is 0 Å². The van der Waals surface area contributed by atoms with Gasteiger partial charge in [0.15, 0.2) is 5.75 Å². The molecule has 5 heteroatoms. The van der Waals surface area contributed by atoms with Crippen LogP contribution < -0.4 is 9.47 Å². The first-order chi connectivity index (χ1) is 13.6. The molecule has 0 spiro atoms. The zero-order chi connectivity index (χ0) is 20.4. The Bertz CT molecular complexity index is 890. The number of rotatable bonds is 9. The Morgan fingerprint density at radius 2 is 1.50 bits per heavy atom. The number of ether oxygens (including phenoxy) is 2. The van der Waals surface area contributed by atoms with Crippen molar-refractivity contribution in [2.75, 3.05) is 6.61 Å². The third kappa shape index (κ3) is 5.59. The molecule has 0 atom stereocenters. The first kappa shape index (κ1) is 21.0. The fourth-order valence-corrected chi connectivity index (χ4v) is 2.73. The number of carbonyl (C=O) groups is 1. The SMILES string of the molecule is CCCCCCCOc1ccc(OC(=O)c2ccc(C)cc2)c(C#N)c1C#N. The predicted molar refractivity (Wildman–Crippen MR) is 106 cm³/mol. The van der Waals surface area contributed by atoms with Crippen LogP contribution >= 0.6 is 0 Å². The van der Waals surface area contributed by atoms with Gasteiger partial charge in [-0.1, -0.05) is 50.3 Å².